The van der Waals surface area contributed by atoms with Gasteiger partial charge in [0.2, 0.25) is 0 Å². The van der Waals surface area contributed by atoms with E-state index in [0.29, 0.717) is 17.6 Å². The van der Waals surface area contributed by atoms with E-state index in [4.69, 9.17) is 69.6 Å². The van der Waals surface area contributed by atoms with E-state index < -0.39 is 14.1 Å². The van der Waals surface area contributed by atoms with Crippen molar-refractivity contribution >= 4 is 69.6 Å². The summed E-state index contributed by atoms with van der Waals surface area (Å²) in [6, 6.07) is 0. The Balaban J connectivity index is 2.75. The minimum atomic E-state index is -1.67. The highest BCUT2D eigenvalue weighted by Gasteiger charge is 2.77. The summed E-state index contributed by atoms with van der Waals surface area (Å²) in [4.78, 5) is -2.94. The zero-order valence-corrected chi connectivity index (χ0v) is 14.4. The quantitative estimate of drug-likeness (QED) is 0.532. The topological polar surface area (TPSA) is 20.2 Å². The second-order valence-electron chi connectivity index (χ2n) is 4.77. The molecule has 2 bridgehead atoms. The molecule has 0 aromatic carbocycles. The molecule has 0 spiro atoms. The number of aliphatic hydroxyl groups is 1. The molecule has 2 atom stereocenters. The van der Waals surface area contributed by atoms with Crippen molar-refractivity contribution in [2.75, 3.05) is 6.61 Å². The molecular formula is C12H10Cl6O. The molecular weight excluding hydrogens is 373 g/mol. The Morgan fingerprint density at radius 1 is 1.05 bits per heavy atom. The minimum absolute atomic E-state index is 0.0605. The van der Waals surface area contributed by atoms with Crippen molar-refractivity contribution in [1.82, 2.24) is 0 Å². The number of aliphatic hydroxyl groups excluding tert-OH is 1. The van der Waals surface area contributed by atoms with Crippen molar-refractivity contribution < 1.29 is 5.11 Å². The van der Waals surface area contributed by atoms with Gasteiger partial charge in [-0.25, -0.2) is 0 Å². The lowest BCUT2D eigenvalue weighted by Crippen LogP contribution is -2.45. The van der Waals surface area contributed by atoms with Crippen LogP contribution >= 0.6 is 69.6 Å². The van der Waals surface area contributed by atoms with E-state index in [1.807, 2.05) is 6.92 Å². The minimum Gasteiger partial charge on any atom is -0.392 e. The Kier molecular flexibility index (Phi) is 4.04. The lowest BCUT2D eigenvalue weighted by atomic mass is 9.91. The van der Waals surface area contributed by atoms with Crippen LogP contribution in [0.1, 0.15) is 13.3 Å². The zero-order valence-electron chi connectivity index (χ0n) is 9.84. The molecule has 7 heteroatoms. The van der Waals surface area contributed by atoms with Crippen LogP contribution in [-0.2, 0) is 0 Å². The third-order valence-corrected chi connectivity index (χ3v) is 7.65. The summed E-state index contributed by atoms with van der Waals surface area (Å²) >= 11 is 38.1. The first kappa shape index (κ1) is 16.3. The van der Waals surface area contributed by atoms with Crippen LogP contribution in [0.25, 0.3) is 0 Å². The van der Waals surface area contributed by atoms with Gasteiger partial charge in [0.05, 0.1) is 16.7 Å². The highest BCUT2D eigenvalue weighted by atomic mass is 35.5. The van der Waals surface area contributed by atoms with E-state index in [2.05, 4.69) is 6.58 Å². The molecule has 106 valence electrons. The van der Waals surface area contributed by atoms with Crippen molar-refractivity contribution in [2.24, 2.45) is 0 Å². The molecule has 0 saturated carbocycles. The van der Waals surface area contributed by atoms with E-state index in [1.54, 1.807) is 0 Å². The molecule has 0 saturated heterocycles. The molecule has 2 aliphatic carbocycles. The summed E-state index contributed by atoms with van der Waals surface area (Å²) in [6.07, 6.45) is 0.384. The van der Waals surface area contributed by atoms with Gasteiger partial charge in [-0.3, -0.25) is 0 Å². The first-order chi connectivity index (χ1) is 8.56. The Morgan fingerprint density at radius 3 is 1.84 bits per heavy atom. The average molecular weight is 383 g/mol. The number of halogens is 6. The fourth-order valence-electron chi connectivity index (χ4n) is 2.61. The lowest BCUT2D eigenvalue weighted by Gasteiger charge is -2.33. The van der Waals surface area contributed by atoms with E-state index in [-0.39, 0.29) is 16.7 Å². The van der Waals surface area contributed by atoms with Crippen molar-refractivity contribution in [3.05, 3.63) is 33.4 Å². The lowest BCUT2D eigenvalue weighted by molar-refractivity contribution is 0.322. The van der Waals surface area contributed by atoms with Crippen molar-refractivity contribution in [3.8, 4) is 0 Å². The summed E-state index contributed by atoms with van der Waals surface area (Å²) < 4.78 is -1.67. The molecule has 2 aliphatic rings. The van der Waals surface area contributed by atoms with Gasteiger partial charge in [0, 0.05) is 0 Å². The second-order valence-corrected chi connectivity index (χ2v) is 7.99. The predicted octanol–water partition coefficient (Wildman–Crippen LogP) is 5.09. The summed E-state index contributed by atoms with van der Waals surface area (Å²) in [7, 11) is 0. The monoisotopic (exact) mass is 380 g/mol. The first-order valence-corrected chi connectivity index (χ1v) is 7.63. The van der Waals surface area contributed by atoms with Gasteiger partial charge in [0.15, 0.2) is 4.33 Å². The average Bonchev–Trinajstić information content (AvgIpc) is 2.50. The van der Waals surface area contributed by atoms with Crippen molar-refractivity contribution in [1.29, 1.82) is 0 Å². The second kappa shape index (κ2) is 4.71. The van der Waals surface area contributed by atoms with Crippen LogP contribution in [0, 0.1) is 0 Å². The van der Waals surface area contributed by atoms with Gasteiger partial charge in [0.25, 0.3) is 0 Å². The molecule has 0 aromatic rings. The Bertz CT molecular complexity index is 534. The molecule has 0 fully saturated rings. The van der Waals surface area contributed by atoms with Gasteiger partial charge < -0.3 is 5.11 Å². The number of hydrogen-bond donors (Lipinski definition) is 1. The molecule has 2 unspecified atom stereocenters. The van der Waals surface area contributed by atoms with Gasteiger partial charge >= 0.3 is 0 Å². The molecule has 1 nitrogen and oxygen atoms in total. The van der Waals surface area contributed by atoms with Crippen molar-refractivity contribution in [2.45, 2.75) is 27.4 Å². The third kappa shape index (κ3) is 1.67. The summed E-state index contributed by atoms with van der Waals surface area (Å²) in [5.74, 6) is 0. The van der Waals surface area contributed by atoms with Crippen LogP contribution < -0.4 is 0 Å². The highest BCUT2D eigenvalue weighted by molar-refractivity contribution is 6.67. The molecule has 0 radical (unpaired) electrons. The summed E-state index contributed by atoms with van der Waals surface area (Å²) in [5, 5.41) is 9.78. The van der Waals surface area contributed by atoms with E-state index in [9.17, 15) is 5.11 Å². The summed E-state index contributed by atoms with van der Waals surface area (Å²) in [6.45, 7) is 5.28. The molecule has 0 aromatic heterocycles. The molecule has 0 heterocycles. The maximum Gasteiger partial charge on any atom is 0.173 e. The Hall–Kier alpha value is 0.920. The first-order valence-electron chi connectivity index (χ1n) is 5.36. The smallest absolute Gasteiger partial charge is 0.173 e. The molecule has 1 N–H and O–H groups in total. The maximum absolute atomic E-state index is 9.62. The Labute approximate surface area is 141 Å². The standard InChI is InChI=1S/C12H10Cl6O/c1-5(2)3-6-7(4-19)11(16)9(14)8(13)10(6,15)12(11,17)18/h19H,1,3-4H2,2H3. The fraction of sp³-hybridized carbons (Fsp3) is 0.500. The van der Waals surface area contributed by atoms with Crippen LogP contribution in [0.4, 0.5) is 0 Å². The van der Waals surface area contributed by atoms with Gasteiger partial charge in [-0.15, -0.1) is 23.2 Å². The van der Waals surface area contributed by atoms with E-state index in [0.717, 1.165) is 5.57 Å². The maximum atomic E-state index is 9.62. The number of rotatable bonds is 3. The van der Waals surface area contributed by atoms with Crippen LogP contribution in [0.5, 0.6) is 0 Å². The third-order valence-electron chi connectivity index (χ3n) is 3.50. The predicted molar refractivity (Wildman–Crippen MR) is 83.9 cm³/mol. The van der Waals surface area contributed by atoms with Gasteiger partial charge in [-0.05, 0) is 24.5 Å². The molecule has 0 aliphatic heterocycles. The van der Waals surface area contributed by atoms with Gasteiger partial charge in [0.1, 0.15) is 9.75 Å². The van der Waals surface area contributed by atoms with Crippen LogP contribution in [-0.4, -0.2) is 25.8 Å². The van der Waals surface area contributed by atoms with Crippen molar-refractivity contribution in [3.63, 3.8) is 0 Å². The number of allylic oxidation sites excluding steroid dienone is 4. The summed E-state index contributed by atoms with van der Waals surface area (Å²) in [5.41, 5.74) is 1.78. The highest BCUT2D eigenvalue weighted by Crippen LogP contribution is 2.74. The van der Waals surface area contributed by atoms with Crippen LogP contribution in [0.2, 0.25) is 0 Å². The normalized spacial score (nSPS) is 36.4. The van der Waals surface area contributed by atoms with Gasteiger partial charge in [-0.1, -0.05) is 58.6 Å². The van der Waals surface area contributed by atoms with E-state index in [1.165, 1.54) is 0 Å². The number of hydrogen-bond acceptors (Lipinski definition) is 1. The Morgan fingerprint density at radius 2 is 1.47 bits per heavy atom. The molecule has 0 amide bonds. The fourth-order valence-corrected chi connectivity index (χ4v) is 5.40. The van der Waals surface area contributed by atoms with Crippen LogP contribution in [0.3, 0.4) is 0 Å². The molecule has 19 heavy (non-hydrogen) atoms. The van der Waals surface area contributed by atoms with E-state index >= 15 is 0 Å². The largest absolute Gasteiger partial charge is 0.392 e. The molecule has 2 rings (SSSR count). The SMILES string of the molecule is C=C(C)CC1=C(CO)C2(Cl)C(Cl)=C(Cl)C1(Cl)C2(Cl)Cl. The number of fused-ring (bicyclic) bond motifs is 2. The zero-order chi connectivity index (χ0) is 14.8. The van der Waals surface area contributed by atoms with Crippen LogP contribution in [0.15, 0.2) is 33.4 Å². The van der Waals surface area contributed by atoms with Gasteiger partial charge in [-0.2, -0.15) is 0 Å². The number of alkyl halides is 4.